The molecule has 0 aliphatic heterocycles. The number of para-hydroxylation sites is 1. The quantitative estimate of drug-likeness (QED) is 0.815. The number of carbonyl (C=O) groups excluding carboxylic acids is 2. The predicted molar refractivity (Wildman–Crippen MR) is 102 cm³/mol. The number of anilines is 1. The summed E-state index contributed by atoms with van der Waals surface area (Å²) >= 11 is 0. The van der Waals surface area contributed by atoms with Gasteiger partial charge in [0.1, 0.15) is 0 Å². The molecule has 5 heteroatoms. The fraction of sp³-hybridized carbons (Fsp3) is 0.381. The number of benzene rings is 1. The maximum atomic E-state index is 12.5. The standard InChI is InChI=1S/C21H25N3O2/c1-15-8-6-7-11-19(15)24-21(26)17-12-16(13-22-14-17)20(25)23-18-9-4-2-3-5-10-18/h6-8,11-14,18H,2-5,9-10H2,1H3,(H,23,25)(H,24,26). The van der Waals surface area contributed by atoms with E-state index in [2.05, 4.69) is 15.6 Å². The van der Waals surface area contributed by atoms with E-state index in [1.54, 1.807) is 6.07 Å². The largest absolute Gasteiger partial charge is 0.349 e. The molecule has 1 saturated carbocycles. The first-order valence-corrected chi connectivity index (χ1v) is 9.26. The topological polar surface area (TPSA) is 71.1 Å². The van der Waals surface area contributed by atoms with E-state index in [9.17, 15) is 9.59 Å². The third kappa shape index (κ3) is 4.69. The Labute approximate surface area is 154 Å². The minimum absolute atomic E-state index is 0.157. The first-order chi connectivity index (χ1) is 12.6. The molecule has 2 amide bonds. The highest BCUT2D eigenvalue weighted by Gasteiger charge is 2.17. The predicted octanol–water partition coefficient (Wildman–Crippen LogP) is 4.09. The summed E-state index contributed by atoms with van der Waals surface area (Å²) in [6.45, 7) is 1.93. The van der Waals surface area contributed by atoms with Gasteiger partial charge in [0.15, 0.2) is 0 Å². The van der Waals surface area contributed by atoms with Gasteiger partial charge >= 0.3 is 0 Å². The van der Waals surface area contributed by atoms with Gasteiger partial charge in [-0.25, -0.2) is 0 Å². The van der Waals surface area contributed by atoms with Crippen molar-refractivity contribution >= 4 is 17.5 Å². The average molecular weight is 351 g/mol. The summed E-state index contributed by atoms with van der Waals surface area (Å²) in [6.07, 6.45) is 9.82. The molecule has 1 aliphatic carbocycles. The lowest BCUT2D eigenvalue weighted by Crippen LogP contribution is -2.34. The Bertz CT molecular complexity index is 780. The zero-order valence-corrected chi connectivity index (χ0v) is 15.1. The van der Waals surface area contributed by atoms with Crippen LogP contribution in [0.5, 0.6) is 0 Å². The maximum absolute atomic E-state index is 12.5. The molecule has 0 spiro atoms. The van der Waals surface area contributed by atoms with Crippen molar-refractivity contribution in [1.29, 1.82) is 0 Å². The molecule has 0 radical (unpaired) electrons. The molecule has 0 bridgehead atoms. The second kappa shape index (κ2) is 8.61. The van der Waals surface area contributed by atoms with Gasteiger partial charge in [0.2, 0.25) is 0 Å². The molecule has 1 aromatic heterocycles. The number of aryl methyl sites for hydroxylation is 1. The van der Waals surface area contributed by atoms with Crippen molar-refractivity contribution in [3.63, 3.8) is 0 Å². The fourth-order valence-electron chi connectivity index (χ4n) is 3.29. The van der Waals surface area contributed by atoms with Gasteiger partial charge in [-0.15, -0.1) is 0 Å². The molecule has 2 N–H and O–H groups in total. The van der Waals surface area contributed by atoms with Crippen LogP contribution in [0, 0.1) is 6.92 Å². The summed E-state index contributed by atoms with van der Waals surface area (Å²) in [7, 11) is 0. The smallest absolute Gasteiger partial charge is 0.257 e. The summed E-state index contributed by atoms with van der Waals surface area (Å²) < 4.78 is 0. The van der Waals surface area contributed by atoms with Crippen molar-refractivity contribution in [2.24, 2.45) is 0 Å². The van der Waals surface area contributed by atoms with Crippen LogP contribution in [-0.2, 0) is 0 Å². The lowest BCUT2D eigenvalue weighted by atomic mass is 10.1. The number of hydrogen-bond donors (Lipinski definition) is 2. The lowest BCUT2D eigenvalue weighted by Gasteiger charge is -2.16. The van der Waals surface area contributed by atoms with E-state index in [1.165, 1.54) is 25.2 Å². The normalized spacial score (nSPS) is 15.1. The zero-order chi connectivity index (χ0) is 18.4. The van der Waals surface area contributed by atoms with Crippen LogP contribution in [0.1, 0.15) is 64.8 Å². The summed E-state index contributed by atoms with van der Waals surface area (Å²) in [5.74, 6) is -0.425. The van der Waals surface area contributed by atoms with Gasteiger partial charge < -0.3 is 10.6 Å². The van der Waals surface area contributed by atoms with Crippen LogP contribution in [0.2, 0.25) is 0 Å². The van der Waals surface area contributed by atoms with Gasteiger partial charge in [-0.2, -0.15) is 0 Å². The second-order valence-corrected chi connectivity index (χ2v) is 6.89. The van der Waals surface area contributed by atoms with E-state index < -0.39 is 0 Å². The summed E-state index contributed by atoms with van der Waals surface area (Å²) in [5, 5.41) is 5.96. The second-order valence-electron chi connectivity index (χ2n) is 6.89. The molecule has 5 nitrogen and oxygen atoms in total. The third-order valence-corrected chi connectivity index (χ3v) is 4.85. The van der Waals surface area contributed by atoms with Crippen molar-refractivity contribution < 1.29 is 9.59 Å². The summed E-state index contributed by atoms with van der Waals surface area (Å²) in [4.78, 5) is 29.1. The van der Waals surface area contributed by atoms with Gasteiger partial charge in [-0.1, -0.05) is 43.9 Å². The van der Waals surface area contributed by atoms with Gasteiger partial charge in [0.25, 0.3) is 11.8 Å². The van der Waals surface area contributed by atoms with Crippen LogP contribution in [-0.4, -0.2) is 22.8 Å². The van der Waals surface area contributed by atoms with E-state index in [1.807, 2.05) is 31.2 Å². The molecule has 0 unspecified atom stereocenters. The minimum atomic E-state index is -0.268. The molecule has 3 rings (SSSR count). The minimum Gasteiger partial charge on any atom is -0.349 e. The fourth-order valence-corrected chi connectivity index (χ4v) is 3.29. The SMILES string of the molecule is Cc1ccccc1NC(=O)c1cncc(C(=O)NC2CCCCCC2)c1. The van der Waals surface area contributed by atoms with Crippen LogP contribution in [0.4, 0.5) is 5.69 Å². The molecule has 0 saturated heterocycles. The average Bonchev–Trinajstić information content (AvgIpc) is 2.92. The molecular formula is C21H25N3O2. The Morgan fingerprint density at radius 1 is 0.962 bits per heavy atom. The number of aromatic nitrogens is 1. The monoisotopic (exact) mass is 351 g/mol. The van der Waals surface area contributed by atoms with E-state index >= 15 is 0 Å². The Kier molecular flexibility index (Phi) is 6.00. The Balaban J connectivity index is 1.68. The first kappa shape index (κ1) is 18.1. The number of carbonyl (C=O) groups is 2. The number of nitrogens with one attached hydrogen (secondary N) is 2. The van der Waals surface area contributed by atoms with Crippen molar-refractivity contribution in [1.82, 2.24) is 10.3 Å². The van der Waals surface area contributed by atoms with E-state index in [0.29, 0.717) is 11.1 Å². The van der Waals surface area contributed by atoms with Gasteiger partial charge in [-0.05, 0) is 37.5 Å². The molecule has 2 aromatic rings. The van der Waals surface area contributed by atoms with Gasteiger partial charge in [-0.3, -0.25) is 14.6 Å². The summed E-state index contributed by atoms with van der Waals surface area (Å²) in [6, 6.07) is 9.40. The first-order valence-electron chi connectivity index (χ1n) is 9.26. The molecule has 136 valence electrons. The van der Waals surface area contributed by atoms with Crippen LogP contribution in [0.3, 0.4) is 0 Å². The van der Waals surface area contributed by atoms with E-state index in [0.717, 1.165) is 36.9 Å². The number of amides is 2. The number of nitrogens with zero attached hydrogens (tertiary/aromatic N) is 1. The van der Waals surface area contributed by atoms with E-state index in [4.69, 9.17) is 0 Å². The van der Waals surface area contributed by atoms with E-state index in [-0.39, 0.29) is 17.9 Å². The third-order valence-electron chi connectivity index (χ3n) is 4.85. The van der Waals surface area contributed by atoms with Crippen molar-refractivity contribution in [2.45, 2.75) is 51.5 Å². The molecule has 1 aliphatic rings. The molecular weight excluding hydrogens is 326 g/mol. The van der Waals surface area contributed by atoms with Crippen molar-refractivity contribution in [2.75, 3.05) is 5.32 Å². The van der Waals surface area contributed by atoms with Crippen LogP contribution < -0.4 is 10.6 Å². The summed E-state index contributed by atoms with van der Waals surface area (Å²) in [5.41, 5.74) is 2.54. The molecule has 26 heavy (non-hydrogen) atoms. The Hall–Kier alpha value is -2.69. The van der Waals surface area contributed by atoms with Gasteiger partial charge in [0, 0.05) is 24.1 Å². The molecule has 0 atom stereocenters. The maximum Gasteiger partial charge on any atom is 0.257 e. The van der Waals surface area contributed by atoms with Gasteiger partial charge in [0.05, 0.1) is 11.1 Å². The number of pyridine rings is 1. The zero-order valence-electron chi connectivity index (χ0n) is 15.1. The van der Waals surface area contributed by atoms with Crippen molar-refractivity contribution in [3.8, 4) is 0 Å². The highest BCUT2D eigenvalue weighted by atomic mass is 16.2. The molecule has 1 aromatic carbocycles. The van der Waals surface area contributed by atoms with Crippen molar-refractivity contribution in [3.05, 3.63) is 59.4 Å². The Morgan fingerprint density at radius 3 is 2.31 bits per heavy atom. The molecule has 1 fully saturated rings. The Morgan fingerprint density at radius 2 is 1.62 bits per heavy atom. The van der Waals surface area contributed by atoms with Crippen LogP contribution in [0.15, 0.2) is 42.7 Å². The van der Waals surface area contributed by atoms with Crippen LogP contribution in [0.25, 0.3) is 0 Å². The number of rotatable bonds is 4. The number of hydrogen-bond acceptors (Lipinski definition) is 3. The molecule has 1 heterocycles. The lowest BCUT2D eigenvalue weighted by molar-refractivity contribution is 0.0933. The highest BCUT2D eigenvalue weighted by molar-refractivity contribution is 6.06. The van der Waals surface area contributed by atoms with Crippen LogP contribution >= 0.6 is 0 Å². The highest BCUT2D eigenvalue weighted by Crippen LogP contribution is 2.18.